The first kappa shape index (κ1) is 25.0. The molecule has 0 bridgehead atoms. The van der Waals surface area contributed by atoms with Gasteiger partial charge in [0.05, 0.1) is 22.4 Å². The molecule has 0 saturated carbocycles. The summed E-state index contributed by atoms with van der Waals surface area (Å²) >= 11 is 0. The molecule has 4 aromatic carbocycles. The number of hydrogen-bond donors (Lipinski definition) is 0. The fourth-order valence-electron chi connectivity index (χ4n) is 8.27. The molecule has 5 heteroatoms. The van der Waals surface area contributed by atoms with Crippen LogP contribution in [0.25, 0.3) is 55.2 Å². The number of aromatic nitrogens is 4. The number of ether oxygens (including phenoxy) is 1. The zero-order valence-corrected chi connectivity index (χ0v) is 25.6. The minimum atomic E-state index is -0.170. The Balaban J connectivity index is 1.16. The molecule has 4 aromatic heterocycles. The summed E-state index contributed by atoms with van der Waals surface area (Å²) in [5.74, 6) is 1.59. The molecule has 216 valence electrons. The van der Waals surface area contributed by atoms with Crippen molar-refractivity contribution in [2.24, 2.45) is 0 Å². The van der Waals surface area contributed by atoms with Crippen LogP contribution in [0.5, 0.6) is 11.5 Å². The van der Waals surface area contributed by atoms with Crippen LogP contribution in [0, 0.1) is 0 Å². The molecule has 10 rings (SSSR count). The number of hydrogen-bond acceptors (Lipinski definition) is 3. The quantitative estimate of drug-likeness (QED) is 0.204. The number of fused-ring (bicyclic) bond motifs is 10. The minimum Gasteiger partial charge on any atom is -0.457 e. The Morgan fingerprint density at radius 2 is 0.933 bits per heavy atom. The van der Waals surface area contributed by atoms with Crippen molar-refractivity contribution < 1.29 is 4.74 Å². The monoisotopic (exact) mass is 582 g/mol. The molecule has 2 aliphatic heterocycles. The van der Waals surface area contributed by atoms with Crippen LogP contribution >= 0.6 is 0 Å². The van der Waals surface area contributed by atoms with Crippen molar-refractivity contribution >= 4 is 43.9 Å². The van der Waals surface area contributed by atoms with Gasteiger partial charge in [0.1, 0.15) is 22.8 Å². The molecule has 0 amide bonds. The van der Waals surface area contributed by atoms with Gasteiger partial charge in [0.15, 0.2) is 0 Å². The lowest BCUT2D eigenvalue weighted by Crippen LogP contribution is -2.26. The van der Waals surface area contributed by atoms with Crippen LogP contribution in [0.15, 0.2) is 109 Å². The molecule has 2 aliphatic rings. The van der Waals surface area contributed by atoms with Crippen molar-refractivity contribution in [3.63, 3.8) is 0 Å². The van der Waals surface area contributed by atoms with Gasteiger partial charge in [0.25, 0.3) is 0 Å². The molecule has 0 radical (unpaired) electrons. The van der Waals surface area contributed by atoms with Gasteiger partial charge in [-0.3, -0.25) is 9.13 Å². The number of nitrogens with zero attached hydrogens (tertiary/aromatic N) is 4. The van der Waals surface area contributed by atoms with Gasteiger partial charge in [-0.05, 0) is 58.7 Å². The summed E-state index contributed by atoms with van der Waals surface area (Å²) in [7, 11) is 0. The molecule has 0 unspecified atom stereocenters. The Bertz CT molecular complexity index is 2400. The second-order valence-corrected chi connectivity index (χ2v) is 13.5. The molecule has 8 aromatic rings. The first-order valence-corrected chi connectivity index (χ1v) is 15.6. The highest BCUT2D eigenvalue weighted by molar-refractivity contribution is 6.11. The second kappa shape index (κ2) is 8.19. The lowest BCUT2D eigenvalue weighted by atomic mass is 9.74. The highest BCUT2D eigenvalue weighted by Crippen LogP contribution is 2.50. The summed E-state index contributed by atoms with van der Waals surface area (Å²) in [4.78, 5) is 9.71. The molecular formula is C40H30N4O. The predicted octanol–water partition coefficient (Wildman–Crippen LogP) is 9.74. The van der Waals surface area contributed by atoms with Gasteiger partial charge < -0.3 is 4.74 Å². The third-order valence-electron chi connectivity index (χ3n) is 10.4. The summed E-state index contributed by atoms with van der Waals surface area (Å²) in [5.41, 5.74) is 11.4. The minimum absolute atomic E-state index is 0.170. The zero-order valence-electron chi connectivity index (χ0n) is 25.6. The molecule has 0 N–H and O–H groups in total. The summed E-state index contributed by atoms with van der Waals surface area (Å²) in [6, 6.07) is 34.7. The predicted molar refractivity (Wildman–Crippen MR) is 181 cm³/mol. The molecule has 0 spiro atoms. The Morgan fingerprint density at radius 3 is 1.40 bits per heavy atom. The fourth-order valence-corrected chi connectivity index (χ4v) is 8.27. The van der Waals surface area contributed by atoms with Gasteiger partial charge in [-0.15, -0.1) is 0 Å². The highest BCUT2D eigenvalue weighted by Gasteiger charge is 2.37. The van der Waals surface area contributed by atoms with Crippen LogP contribution in [0.3, 0.4) is 0 Å². The van der Waals surface area contributed by atoms with E-state index in [9.17, 15) is 0 Å². The summed E-state index contributed by atoms with van der Waals surface area (Å²) < 4.78 is 11.4. The van der Waals surface area contributed by atoms with Crippen LogP contribution in [0.2, 0.25) is 0 Å². The molecule has 5 nitrogen and oxygen atoms in total. The van der Waals surface area contributed by atoms with E-state index in [4.69, 9.17) is 14.7 Å². The SMILES string of the molecule is CC1(C)c2ccc(Oc3ccc4c(c3)-n3c5ncccc5c5cccc(c53)C4(C)C)cc2-n2c3ncccc3c3cccc1c32. The highest BCUT2D eigenvalue weighted by atomic mass is 16.5. The molecule has 0 atom stereocenters. The van der Waals surface area contributed by atoms with Crippen LogP contribution in [-0.4, -0.2) is 19.1 Å². The lowest BCUT2D eigenvalue weighted by Gasteiger charge is -2.35. The number of benzene rings is 4. The van der Waals surface area contributed by atoms with E-state index >= 15 is 0 Å². The molecular weight excluding hydrogens is 552 g/mol. The normalized spacial score (nSPS) is 15.5. The summed E-state index contributed by atoms with van der Waals surface area (Å²) in [5, 5.41) is 4.80. The van der Waals surface area contributed by atoms with Gasteiger partial charge in [-0.1, -0.05) is 76.2 Å². The number of para-hydroxylation sites is 2. The van der Waals surface area contributed by atoms with E-state index in [0.717, 1.165) is 34.2 Å². The molecule has 6 heterocycles. The van der Waals surface area contributed by atoms with E-state index in [1.54, 1.807) is 0 Å². The first-order chi connectivity index (χ1) is 21.8. The topological polar surface area (TPSA) is 44.9 Å². The van der Waals surface area contributed by atoms with Gasteiger partial charge >= 0.3 is 0 Å². The first-order valence-electron chi connectivity index (χ1n) is 15.6. The van der Waals surface area contributed by atoms with Gasteiger partial charge in [-0.2, -0.15) is 0 Å². The average Bonchev–Trinajstić information content (AvgIpc) is 3.57. The Hall–Kier alpha value is -5.42. The van der Waals surface area contributed by atoms with E-state index in [-0.39, 0.29) is 10.8 Å². The van der Waals surface area contributed by atoms with E-state index in [1.807, 2.05) is 24.5 Å². The van der Waals surface area contributed by atoms with E-state index in [1.165, 1.54) is 54.8 Å². The third-order valence-corrected chi connectivity index (χ3v) is 10.4. The molecule has 45 heavy (non-hydrogen) atoms. The molecule has 0 fully saturated rings. The second-order valence-electron chi connectivity index (χ2n) is 13.5. The number of rotatable bonds is 2. The summed E-state index contributed by atoms with van der Waals surface area (Å²) in [6.07, 6.45) is 3.77. The van der Waals surface area contributed by atoms with E-state index < -0.39 is 0 Å². The van der Waals surface area contributed by atoms with Crippen LogP contribution < -0.4 is 4.74 Å². The summed E-state index contributed by atoms with van der Waals surface area (Å²) in [6.45, 7) is 9.26. The average molecular weight is 583 g/mol. The van der Waals surface area contributed by atoms with Crippen molar-refractivity contribution in [3.05, 3.63) is 132 Å². The fraction of sp³-hybridized carbons (Fsp3) is 0.150. The number of pyridine rings is 2. The van der Waals surface area contributed by atoms with E-state index in [2.05, 4.69) is 122 Å². The Morgan fingerprint density at radius 1 is 0.489 bits per heavy atom. The van der Waals surface area contributed by atoms with Crippen molar-refractivity contribution in [1.29, 1.82) is 0 Å². The zero-order chi connectivity index (χ0) is 30.2. The van der Waals surface area contributed by atoms with Crippen LogP contribution in [0.4, 0.5) is 0 Å². The van der Waals surface area contributed by atoms with Crippen molar-refractivity contribution in [2.45, 2.75) is 38.5 Å². The van der Waals surface area contributed by atoms with Crippen LogP contribution in [-0.2, 0) is 10.8 Å². The lowest BCUT2D eigenvalue weighted by molar-refractivity contribution is 0.480. The van der Waals surface area contributed by atoms with Gasteiger partial charge in [-0.25, -0.2) is 9.97 Å². The smallest absolute Gasteiger partial charge is 0.145 e. The standard InChI is InChI=1S/C40H30N4O/c1-39(2)29-17-15-23(21-33(29)43-35-25(9-5-13-31(35)39)27-11-7-19-41-37(27)43)45-24-16-18-30-34(22-24)44-36-26(28-12-8-20-42-38(28)44)10-6-14-32(36)40(30,3)4/h5-22H,1-4H3. The largest absolute Gasteiger partial charge is 0.457 e. The Labute approximate surface area is 260 Å². The molecule has 0 saturated heterocycles. The molecule has 0 aliphatic carbocycles. The maximum atomic E-state index is 6.72. The van der Waals surface area contributed by atoms with Gasteiger partial charge in [0.2, 0.25) is 0 Å². The van der Waals surface area contributed by atoms with Crippen molar-refractivity contribution in [1.82, 2.24) is 19.1 Å². The van der Waals surface area contributed by atoms with Crippen molar-refractivity contribution in [2.75, 3.05) is 0 Å². The maximum Gasteiger partial charge on any atom is 0.145 e. The van der Waals surface area contributed by atoms with E-state index in [0.29, 0.717) is 0 Å². The van der Waals surface area contributed by atoms with Crippen molar-refractivity contribution in [3.8, 4) is 22.9 Å². The maximum absolute atomic E-state index is 6.72. The third kappa shape index (κ3) is 3.03. The Kier molecular flexibility index (Phi) is 4.54. The van der Waals surface area contributed by atoms with Crippen LogP contribution in [0.1, 0.15) is 49.9 Å². The van der Waals surface area contributed by atoms with Gasteiger partial charge in [0, 0.05) is 56.9 Å².